The molecule has 1 saturated heterocycles. The van der Waals surface area contributed by atoms with Crippen LogP contribution in [-0.4, -0.2) is 30.5 Å². The number of aromatic nitrogens is 1. The van der Waals surface area contributed by atoms with Crippen LogP contribution < -0.4 is 10.6 Å². The zero-order valence-corrected chi connectivity index (χ0v) is 16.7. The lowest BCUT2D eigenvalue weighted by Gasteiger charge is -2.22. The summed E-state index contributed by atoms with van der Waals surface area (Å²) in [5.41, 5.74) is 1.79. The Labute approximate surface area is 165 Å². The first-order chi connectivity index (χ1) is 11.2. The molecular formula is C18H25Cl2N3OS. The van der Waals surface area contributed by atoms with Crippen LogP contribution in [0.1, 0.15) is 33.9 Å². The van der Waals surface area contributed by atoms with Gasteiger partial charge >= 0.3 is 0 Å². The summed E-state index contributed by atoms with van der Waals surface area (Å²) in [5, 5.41) is 7.41. The third kappa shape index (κ3) is 5.96. The molecule has 3 rings (SSSR count). The molecule has 1 aromatic carbocycles. The van der Waals surface area contributed by atoms with Gasteiger partial charge in [0.2, 0.25) is 0 Å². The molecule has 4 nitrogen and oxygen atoms in total. The van der Waals surface area contributed by atoms with Crippen molar-refractivity contribution in [3.63, 3.8) is 0 Å². The normalized spacial score (nSPS) is 16.4. The number of nitrogens with one attached hydrogen (secondary N) is 2. The SMILES string of the molecule is Cc1nc(-c2ccccc2)c(C(=O)NCCC2CCCNC2)s1.Cl.Cl. The van der Waals surface area contributed by atoms with E-state index in [-0.39, 0.29) is 30.7 Å². The lowest BCUT2D eigenvalue weighted by molar-refractivity contribution is 0.0955. The molecule has 1 aliphatic heterocycles. The number of benzene rings is 1. The number of carbonyl (C=O) groups is 1. The van der Waals surface area contributed by atoms with E-state index in [0.717, 1.165) is 47.2 Å². The van der Waals surface area contributed by atoms with E-state index in [4.69, 9.17) is 0 Å². The van der Waals surface area contributed by atoms with E-state index in [0.29, 0.717) is 5.92 Å². The molecule has 2 heterocycles. The molecule has 2 aromatic rings. The van der Waals surface area contributed by atoms with Gasteiger partial charge in [-0.25, -0.2) is 4.98 Å². The summed E-state index contributed by atoms with van der Waals surface area (Å²) in [4.78, 5) is 17.8. The van der Waals surface area contributed by atoms with Gasteiger partial charge in [-0.2, -0.15) is 0 Å². The second-order valence-electron chi connectivity index (χ2n) is 6.03. The predicted octanol–water partition coefficient (Wildman–Crippen LogP) is 4.08. The van der Waals surface area contributed by atoms with E-state index >= 15 is 0 Å². The number of thiazole rings is 1. The van der Waals surface area contributed by atoms with E-state index in [1.54, 1.807) is 0 Å². The van der Waals surface area contributed by atoms with Crippen molar-refractivity contribution in [1.29, 1.82) is 0 Å². The van der Waals surface area contributed by atoms with Crippen molar-refractivity contribution in [3.8, 4) is 11.3 Å². The van der Waals surface area contributed by atoms with Crippen molar-refractivity contribution < 1.29 is 4.79 Å². The minimum atomic E-state index is -0.00165. The van der Waals surface area contributed by atoms with Crippen LogP contribution in [0.2, 0.25) is 0 Å². The fraction of sp³-hybridized carbons (Fsp3) is 0.444. The Kier molecular flexibility index (Phi) is 9.43. The number of aryl methyl sites for hydroxylation is 1. The maximum Gasteiger partial charge on any atom is 0.263 e. The zero-order valence-electron chi connectivity index (χ0n) is 14.3. The number of rotatable bonds is 5. The van der Waals surface area contributed by atoms with Gasteiger partial charge in [0.15, 0.2) is 0 Å². The zero-order chi connectivity index (χ0) is 16.1. The number of nitrogens with zero attached hydrogens (tertiary/aromatic N) is 1. The molecule has 1 atom stereocenters. The number of hydrogen-bond donors (Lipinski definition) is 2. The Hall–Kier alpha value is -1.14. The molecule has 25 heavy (non-hydrogen) atoms. The average Bonchev–Trinajstić information content (AvgIpc) is 2.98. The molecule has 138 valence electrons. The predicted molar refractivity (Wildman–Crippen MR) is 109 cm³/mol. The van der Waals surface area contributed by atoms with Crippen LogP contribution >= 0.6 is 36.2 Å². The highest BCUT2D eigenvalue weighted by molar-refractivity contribution is 7.14. The summed E-state index contributed by atoms with van der Waals surface area (Å²) in [6.07, 6.45) is 3.54. The first-order valence-electron chi connectivity index (χ1n) is 8.26. The largest absolute Gasteiger partial charge is 0.351 e. The highest BCUT2D eigenvalue weighted by Gasteiger charge is 2.18. The molecule has 0 aliphatic carbocycles. The minimum absolute atomic E-state index is 0. The number of piperidine rings is 1. The molecule has 0 bridgehead atoms. The fourth-order valence-electron chi connectivity index (χ4n) is 3.01. The second-order valence-corrected chi connectivity index (χ2v) is 7.24. The smallest absolute Gasteiger partial charge is 0.263 e. The first kappa shape index (κ1) is 21.9. The van der Waals surface area contributed by atoms with Gasteiger partial charge in [0.1, 0.15) is 4.88 Å². The van der Waals surface area contributed by atoms with Crippen molar-refractivity contribution in [2.45, 2.75) is 26.2 Å². The number of carbonyl (C=O) groups excluding carboxylic acids is 1. The quantitative estimate of drug-likeness (QED) is 0.793. The summed E-state index contributed by atoms with van der Waals surface area (Å²) in [6.45, 7) is 4.88. The molecule has 1 unspecified atom stereocenters. The van der Waals surface area contributed by atoms with Crippen molar-refractivity contribution in [1.82, 2.24) is 15.6 Å². The van der Waals surface area contributed by atoms with Gasteiger partial charge in [-0.1, -0.05) is 30.3 Å². The lowest BCUT2D eigenvalue weighted by atomic mass is 9.96. The maximum atomic E-state index is 12.5. The lowest BCUT2D eigenvalue weighted by Crippen LogP contribution is -2.33. The van der Waals surface area contributed by atoms with E-state index in [1.165, 1.54) is 24.2 Å². The van der Waals surface area contributed by atoms with Crippen LogP contribution in [0.4, 0.5) is 0 Å². The molecule has 0 spiro atoms. The van der Waals surface area contributed by atoms with Gasteiger partial charge in [-0.3, -0.25) is 4.79 Å². The molecule has 7 heteroatoms. The monoisotopic (exact) mass is 401 g/mol. The van der Waals surface area contributed by atoms with Gasteiger partial charge in [0.05, 0.1) is 10.7 Å². The fourth-order valence-corrected chi connectivity index (χ4v) is 3.87. The van der Waals surface area contributed by atoms with Crippen molar-refractivity contribution in [2.75, 3.05) is 19.6 Å². The minimum Gasteiger partial charge on any atom is -0.351 e. The summed E-state index contributed by atoms with van der Waals surface area (Å²) in [6, 6.07) is 9.92. The molecule has 0 saturated carbocycles. The molecule has 1 amide bonds. The van der Waals surface area contributed by atoms with Gasteiger partial charge in [-0.05, 0) is 45.2 Å². The van der Waals surface area contributed by atoms with Gasteiger partial charge < -0.3 is 10.6 Å². The number of amides is 1. The average molecular weight is 402 g/mol. The van der Waals surface area contributed by atoms with Crippen molar-refractivity contribution >= 4 is 42.1 Å². The van der Waals surface area contributed by atoms with E-state index < -0.39 is 0 Å². The number of halogens is 2. The van der Waals surface area contributed by atoms with Gasteiger partial charge in [-0.15, -0.1) is 36.2 Å². The summed E-state index contributed by atoms with van der Waals surface area (Å²) in [7, 11) is 0. The molecule has 2 N–H and O–H groups in total. The van der Waals surface area contributed by atoms with Gasteiger partial charge in [0, 0.05) is 12.1 Å². The molecular weight excluding hydrogens is 377 g/mol. The molecule has 1 aromatic heterocycles. The summed E-state index contributed by atoms with van der Waals surface area (Å²) >= 11 is 1.47. The topological polar surface area (TPSA) is 54.0 Å². The Morgan fingerprint density at radius 2 is 2.08 bits per heavy atom. The highest BCUT2D eigenvalue weighted by atomic mass is 35.5. The Morgan fingerprint density at radius 1 is 1.32 bits per heavy atom. The van der Waals surface area contributed by atoms with Crippen LogP contribution in [0.15, 0.2) is 30.3 Å². The van der Waals surface area contributed by atoms with E-state index in [2.05, 4.69) is 15.6 Å². The standard InChI is InChI=1S/C18H23N3OS.2ClH/c1-13-21-16(15-7-3-2-4-8-15)17(23-13)18(22)20-11-9-14-6-5-10-19-12-14;;/h2-4,7-8,14,19H,5-6,9-12H2,1H3,(H,20,22);2*1H. The third-order valence-electron chi connectivity index (χ3n) is 4.22. The van der Waals surface area contributed by atoms with Crippen molar-refractivity contribution in [3.05, 3.63) is 40.2 Å². The second kappa shape index (κ2) is 10.8. The van der Waals surface area contributed by atoms with E-state index in [9.17, 15) is 4.79 Å². The Balaban J connectivity index is 0.00000156. The van der Waals surface area contributed by atoms with Crippen molar-refractivity contribution in [2.24, 2.45) is 5.92 Å². The highest BCUT2D eigenvalue weighted by Crippen LogP contribution is 2.27. The molecule has 1 fully saturated rings. The van der Waals surface area contributed by atoms with Crippen LogP contribution in [0, 0.1) is 12.8 Å². The summed E-state index contributed by atoms with van der Waals surface area (Å²) < 4.78 is 0. The molecule has 0 radical (unpaired) electrons. The van der Waals surface area contributed by atoms with Crippen LogP contribution in [0.5, 0.6) is 0 Å². The van der Waals surface area contributed by atoms with Crippen LogP contribution in [0.25, 0.3) is 11.3 Å². The van der Waals surface area contributed by atoms with Crippen LogP contribution in [-0.2, 0) is 0 Å². The third-order valence-corrected chi connectivity index (χ3v) is 5.19. The first-order valence-corrected chi connectivity index (χ1v) is 9.07. The molecule has 1 aliphatic rings. The Bertz CT molecular complexity index is 658. The Morgan fingerprint density at radius 3 is 2.76 bits per heavy atom. The maximum absolute atomic E-state index is 12.5. The number of hydrogen-bond acceptors (Lipinski definition) is 4. The van der Waals surface area contributed by atoms with Crippen LogP contribution in [0.3, 0.4) is 0 Å². The summed E-state index contributed by atoms with van der Waals surface area (Å²) in [5.74, 6) is 0.680. The van der Waals surface area contributed by atoms with E-state index in [1.807, 2.05) is 37.3 Å². The van der Waals surface area contributed by atoms with Gasteiger partial charge in [0.25, 0.3) is 5.91 Å².